The third-order valence-electron chi connectivity index (χ3n) is 5.22. The molecule has 166 valence electrons. The van der Waals surface area contributed by atoms with Crippen molar-refractivity contribution in [2.45, 2.75) is 26.4 Å². The van der Waals surface area contributed by atoms with Gasteiger partial charge in [0.2, 0.25) is 0 Å². The largest absolute Gasteiger partial charge is 0.506 e. The molecule has 1 N–H and O–H groups in total. The van der Waals surface area contributed by atoms with Crippen LogP contribution >= 0.6 is 38.9 Å². The van der Waals surface area contributed by atoms with Gasteiger partial charge in [-0.05, 0) is 36.6 Å². The second-order valence-corrected chi connectivity index (χ2v) is 9.84. The number of hydrogen-bond donors (Lipinski definition) is 1. The number of hydrogen-bond acceptors (Lipinski definition) is 6. The highest BCUT2D eigenvalue weighted by Gasteiger charge is 2.28. The number of carbonyl (C=O) groups excluding carboxylic acids is 1. The van der Waals surface area contributed by atoms with E-state index in [0.717, 1.165) is 41.0 Å². The number of nitrogens with zero attached hydrogens (tertiary/aromatic N) is 2. The zero-order valence-electron chi connectivity index (χ0n) is 17.5. The van der Waals surface area contributed by atoms with E-state index in [9.17, 15) is 9.90 Å². The van der Waals surface area contributed by atoms with Crippen LogP contribution < -0.4 is 0 Å². The Kier molecular flexibility index (Phi) is 7.30. The standard InChI is InChI=1S/C24H22BrClN2O3S/c1-2-31-24(30)21-18-8-9-28(13-15-6-4-3-5-7-15)14-20(18)32-23(21)27-12-16-10-17(25)11-19(26)22(16)29/h3-7,10-12,29H,2,8-9,13-14H2,1H3. The Labute approximate surface area is 204 Å². The van der Waals surface area contributed by atoms with E-state index in [1.165, 1.54) is 23.1 Å². The summed E-state index contributed by atoms with van der Waals surface area (Å²) in [5, 5.41) is 11.1. The number of phenols is 1. The number of aliphatic imine (C=N–C) groups is 1. The first-order chi connectivity index (χ1) is 15.5. The lowest BCUT2D eigenvalue weighted by Gasteiger charge is -2.27. The summed E-state index contributed by atoms with van der Waals surface area (Å²) in [4.78, 5) is 20.8. The molecule has 0 saturated heterocycles. The lowest BCUT2D eigenvalue weighted by molar-refractivity contribution is 0.0526. The molecule has 5 nitrogen and oxygen atoms in total. The van der Waals surface area contributed by atoms with Crippen LogP contribution in [0.4, 0.5) is 5.00 Å². The van der Waals surface area contributed by atoms with Crippen LogP contribution in [0.15, 0.2) is 51.9 Å². The topological polar surface area (TPSA) is 62.1 Å². The maximum absolute atomic E-state index is 12.8. The van der Waals surface area contributed by atoms with E-state index in [1.54, 1.807) is 19.1 Å². The number of thiophene rings is 1. The van der Waals surface area contributed by atoms with Crippen molar-refractivity contribution in [3.63, 3.8) is 0 Å². The Morgan fingerprint density at radius 3 is 2.88 bits per heavy atom. The monoisotopic (exact) mass is 532 g/mol. The van der Waals surface area contributed by atoms with Crippen molar-refractivity contribution >= 4 is 56.1 Å². The first-order valence-electron chi connectivity index (χ1n) is 10.3. The number of esters is 1. The van der Waals surface area contributed by atoms with Crippen molar-refractivity contribution in [1.29, 1.82) is 0 Å². The Morgan fingerprint density at radius 2 is 2.12 bits per heavy atom. The first-order valence-corrected chi connectivity index (χ1v) is 12.2. The van der Waals surface area contributed by atoms with E-state index >= 15 is 0 Å². The smallest absolute Gasteiger partial charge is 0.341 e. The average molecular weight is 534 g/mol. The van der Waals surface area contributed by atoms with Gasteiger partial charge in [0.05, 0.1) is 17.2 Å². The second-order valence-electron chi connectivity index (χ2n) is 7.43. The van der Waals surface area contributed by atoms with Gasteiger partial charge in [-0.15, -0.1) is 11.3 Å². The lowest BCUT2D eigenvalue weighted by Crippen LogP contribution is -2.29. The molecule has 2 heterocycles. The fourth-order valence-corrected chi connectivity index (χ4v) is 5.79. The van der Waals surface area contributed by atoms with Crippen molar-refractivity contribution in [3.8, 4) is 5.75 Å². The summed E-state index contributed by atoms with van der Waals surface area (Å²) in [5.74, 6) is -0.406. The summed E-state index contributed by atoms with van der Waals surface area (Å²) in [6.45, 7) is 4.56. The molecule has 32 heavy (non-hydrogen) atoms. The van der Waals surface area contributed by atoms with E-state index in [0.29, 0.717) is 22.7 Å². The van der Waals surface area contributed by atoms with E-state index in [-0.39, 0.29) is 16.7 Å². The highest BCUT2D eigenvalue weighted by Crippen LogP contribution is 2.40. The summed E-state index contributed by atoms with van der Waals surface area (Å²) in [7, 11) is 0. The third kappa shape index (κ3) is 5.07. The number of aromatic hydroxyl groups is 1. The minimum absolute atomic E-state index is 0.0494. The van der Waals surface area contributed by atoms with Gasteiger partial charge < -0.3 is 9.84 Å². The Morgan fingerprint density at radius 1 is 1.34 bits per heavy atom. The first kappa shape index (κ1) is 23.0. The minimum Gasteiger partial charge on any atom is -0.506 e. The fourth-order valence-electron chi connectivity index (χ4n) is 3.74. The number of rotatable bonds is 6. The maximum atomic E-state index is 12.8. The molecule has 0 amide bonds. The molecule has 0 aliphatic carbocycles. The van der Waals surface area contributed by atoms with Crippen LogP contribution in [-0.4, -0.2) is 35.3 Å². The highest BCUT2D eigenvalue weighted by atomic mass is 79.9. The molecule has 1 aliphatic rings. The van der Waals surface area contributed by atoms with Gasteiger partial charge in [-0.1, -0.05) is 57.9 Å². The molecule has 4 rings (SSSR count). The van der Waals surface area contributed by atoms with Crippen LogP contribution in [0.2, 0.25) is 5.02 Å². The van der Waals surface area contributed by atoms with Crippen LogP contribution in [0.3, 0.4) is 0 Å². The number of ether oxygens (including phenoxy) is 1. The van der Waals surface area contributed by atoms with E-state index in [2.05, 4.69) is 38.0 Å². The summed E-state index contributed by atoms with van der Waals surface area (Å²) in [5.41, 5.74) is 3.28. The zero-order chi connectivity index (χ0) is 22.7. The van der Waals surface area contributed by atoms with Gasteiger partial charge in [-0.3, -0.25) is 4.90 Å². The normalized spacial score (nSPS) is 14.0. The van der Waals surface area contributed by atoms with E-state index < -0.39 is 0 Å². The average Bonchev–Trinajstić information content (AvgIpc) is 3.13. The van der Waals surface area contributed by atoms with Crippen molar-refractivity contribution in [2.75, 3.05) is 13.2 Å². The molecule has 1 aliphatic heterocycles. The molecule has 0 spiro atoms. The van der Waals surface area contributed by atoms with Gasteiger partial charge >= 0.3 is 5.97 Å². The molecule has 0 unspecified atom stereocenters. The molecule has 1 aromatic heterocycles. The summed E-state index contributed by atoms with van der Waals surface area (Å²) >= 11 is 10.9. The van der Waals surface area contributed by atoms with Crippen molar-refractivity contribution < 1.29 is 14.6 Å². The van der Waals surface area contributed by atoms with Crippen LogP contribution in [-0.2, 0) is 24.2 Å². The van der Waals surface area contributed by atoms with Crippen LogP contribution in [0.5, 0.6) is 5.75 Å². The van der Waals surface area contributed by atoms with Gasteiger partial charge in [-0.25, -0.2) is 9.79 Å². The predicted octanol–water partition coefficient (Wildman–Crippen LogP) is 6.36. The molecule has 8 heteroatoms. The molecule has 0 atom stereocenters. The Hall–Kier alpha value is -2.19. The number of carbonyl (C=O) groups is 1. The van der Waals surface area contributed by atoms with Gasteiger partial charge in [0.1, 0.15) is 10.8 Å². The quantitative estimate of drug-likeness (QED) is 0.296. The SMILES string of the molecule is CCOC(=O)c1c(N=Cc2cc(Br)cc(Cl)c2O)sc2c1CCN(Cc1ccccc1)C2. The van der Waals surface area contributed by atoms with Crippen LogP contribution in [0.1, 0.15) is 38.8 Å². The number of fused-ring (bicyclic) bond motifs is 1. The van der Waals surface area contributed by atoms with Gasteiger partial charge in [0.25, 0.3) is 0 Å². The van der Waals surface area contributed by atoms with Crippen LogP contribution in [0.25, 0.3) is 0 Å². The minimum atomic E-state index is -0.356. The van der Waals surface area contributed by atoms with E-state index in [1.807, 2.05) is 18.2 Å². The Bertz CT molecular complexity index is 1160. The van der Waals surface area contributed by atoms with Crippen molar-refractivity contribution in [3.05, 3.63) is 79.1 Å². The third-order valence-corrected chi connectivity index (χ3v) is 7.10. The molecule has 0 radical (unpaired) electrons. The maximum Gasteiger partial charge on any atom is 0.341 e. The number of halogens is 2. The molecule has 2 aromatic carbocycles. The predicted molar refractivity (Wildman–Crippen MR) is 133 cm³/mol. The number of benzene rings is 2. The van der Waals surface area contributed by atoms with Crippen molar-refractivity contribution in [2.24, 2.45) is 4.99 Å². The Balaban J connectivity index is 1.65. The van der Waals surface area contributed by atoms with Gasteiger partial charge in [0, 0.05) is 40.8 Å². The second kappa shape index (κ2) is 10.2. The summed E-state index contributed by atoms with van der Waals surface area (Å²) in [6.07, 6.45) is 2.30. The zero-order valence-corrected chi connectivity index (χ0v) is 20.6. The van der Waals surface area contributed by atoms with E-state index in [4.69, 9.17) is 16.3 Å². The molecular weight excluding hydrogens is 512 g/mol. The fraction of sp³-hybridized carbons (Fsp3) is 0.250. The summed E-state index contributed by atoms with van der Waals surface area (Å²) in [6, 6.07) is 13.7. The molecule has 3 aromatic rings. The van der Waals surface area contributed by atoms with Gasteiger partial charge in [-0.2, -0.15) is 0 Å². The number of phenolic OH excluding ortho intramolecular Hbond substituents is 1. The molecule has 0 saturated carbocycles. The van der Waals surface area contributed by atoms with Crippen LogP contribution in [0, 0.1) is 0 Å². The highest BCUT2D eigenvalue weighted by molar-refractivity contribution is 9.10. The molecular formula is C24H22BrClN2O3S. The van der Waals surface area contributed by atoms with Gasteiger partial charge in [0.15, 0.2) is 0 Å². The van der Waals surface area contributed by atoms with Crippen molar-refractivity contribution in [1.82, 2.24) is 4.90 Å². The lowest BCUT2D eigenvalue weighted by atomic mass is 10.0. The molecule has 0 bridgehead atoms. The molecule has 0 fully saturated rings. The summed E-state index contributed by atoms with van der Waals surface area (Å²) < 4.78 is 6.06.